The number of fused-ring (bicyclic) bond motifs is 1. The van der Waals surface area contributed by atoms with E-state index in [1.54, 1.807) is 6.20 Å². The lowest BCUT2D eigenvalue weighted by molar-refractivity contribution is 0.272. The Hall–Kier alpha value is -1.89. The van der Waals surface area contributed by atoms with Crippen LogP contribution in [0.4, 0.5) is 11.8 Å². The molecule has 0 aliphatic carbocycles. The van der Waals surface area contributed by atoms with E-state index in [0.717, 1.165) is 29.9 Å². The van der Waals surface area contributed by atoms with E-state index in [9.17, 15) is 0 Å². The van der Waals surface area contributed by atoms with Crippen LogP contribution in [0.5, 0.6) is 0 Å². The fourth-order valence-electron chi connectivity index (χ4n) is 2.19. The zero-order valence-corrected chi connectivity index (χ0v) is 10.4. The van der Waals surface area contributed by atoms with Crippen LogP contribution < -0.4 is 10.7 Å². The summed E-state index contributed by atoms with van der Waals surface area (Å²) >= 11 is 0. The highest BCUT2D eigenvalue weighted by molar-refractivity contribution is 5.86. The van der Waals surface area contributed by atoms with Gasteiger partial charge < -0.3 is 10.7 Å². The molecule has 0 amide bonds. The second kappa shape index (κ2) is 4.77. The Labute approximate surface area is 105 Å². The molecule has 1 aliphatic heterocycles. The predicted molar refractivity (Wildman–Crippen MR) is 70.3 cm³/mol. The van der Waals surface area contributed by atoms with Gasteiger partial charge in [-0.15, -0.1) is 0 Å². The number of aromatic amines is 1. The number of nitrogens with one attached hydrogen (secondary N) is 3. The van der Waals surface area contributed by atoms with Crippen LogP contribution in [0.2, 0.25) is 0 Å². The number of H-pyrrole nitrogens is 1. The van der Waals surface area contributed by atoms with Crippen LogP contribution in [0, 0.1) is 0 Å². The Bertz CT molecular complexity index is 529. The minimum Gasteiger partial charge on any atom is -0.357 e. The number of anilines is 2. The van der Waals surface area contributed by atoms with E-state index < -0.39 is 0 Å². The van der Waals surface area contributed by atoms with Gasteiger partial charge in [-0.05, 0) is 12.8 Å². The van der Waals surface area contributed by atoms with E-state index in [1.807, 2.05) is 7.05 Å². The van der Waals surface area contributed by atoms with Gasteiger partial charge in [-0.1, -0.05) is 6.42 Å². The van der Waals surface area contributed by atoms with E-state index in [4.69, 9.17) is 0 Å². The number of hydrazine groups is 1. The van der Waals surface area contributed by atoms with Crippen molar-refractivity contribution in [1.29, 1.82) is 0 Å². The quantitative estimate of drug-likeness (QED) is 0.756. The van der Waals surface area contributed by atoms with Crippen molar-refractivity contribution in [3.05, 3.63) is 6.20 Å². The van der Waals surface area contributed by atoms with Gasteiger partial charge in [0, 0.05) is 20.1 Å². The minimum absolute atomic E-state index is 0.589. The fraction of sp³-hybridized carbons (Fsp3) is 0.545. The molecule has 1 fully saturated rings. The van der Waals surface area contributed by atoms with Gasteiger partial charge in [-0.2, -0.15) is 15.1 Å². The number of aromatic nitrogens is 4. The summed E-state index contributed by atoms with van der Waals surface area (Å²) in [6.45, 7) is 2.11. The average Bonchev–Trinajstić information content (AvgIpc) is 2.88. The highest BCUT2D eigenvalue weighted by Gasteiger charge is 2.14. The molecule has 0 atom stereocenters. The summed E-state index contributed by atoms with van der Waals surface area (Å²) in [5.74, 6) is 1.39. The highest BCUT2D eigenvalue weighted by Crippen LogP contribution is 2.21. The predicted octanol–water partition coefficient (Wildman–Crippen LogP) is 1.21. The van der Waals surface area contributed by atoms with Gasteiger partial charge in [0.15, 0.2) is 11.5 Å². The van der Waals surface area contributed by atoms with Crippen LogP contribution in [-0.4, -0.2) is 45.3 Å². The van der Waals surface area contributed by atoms with Crippen LogP contribution in [0.3, 0.4) is 0 Å². The highest BCUT2D eigenvalue weighted by atomic mass is 15.5. The molecule has 7 heteroatoms. The summed E-state index contributed by atoms with van der Waals surface area (Å²) in [6, 6.07) is 0. The molecule has 7 nitrogen and oxygen atoms in total. The Kier molecular flexibility index (Phi) is 2.97. The van der Waals surface area contributed by atoms with E-state index in [-0.39, 0.29) is 0 Å². The van der Waals surface area contributed by atoms with E-state index in [1.165, 1.54) is 19.3 Å². The lowest BCUT2D eigenvalue weighted by Gasteiger charge is -2.27. The van der Waals surface area contributed by atoms with Crippen LogP contribution in [-0.2, 0) is 0 Å². The summed E-state index contributed by atoms with van der Waals surface area (Å²) in [7, 11) is 1.81. The molecule has 18 heavy (non-hydrogen) atoms. The van der Waals surface area contributed by atoms with Crippen LogP contribution in [0.1, 0.15) is 19.3 Å². The number of rotatable bonds is 3. The third-order valence-electron chi connectivity index (χ3n) is 3.15. The SMILES string of the molecule is CNc1nc(NN2CCCCC2)c2cn[nH]c2n1. The molecule has 0 spiro atoms. The first-order chi connectivity index (χ1) is 8.86. The Balaban J connectivity index is 1.91. The zero-order chi connectivity index (χ0) is 12.4. The molecule has 0 radical (unpaired) electrons. The number of piperidine rings is 1. The molecule has 2 aromatic rings. The van der Waals surface area contributed by atoms with Gasteiger partial charge in [0.05, 0.1) is 11.6 Å². The number of hydrogen-bond donors (Lipinski definition) is 3. The first-order valence-corrected chi connectivity index (χ1v) is 6.27. The third-order valence-corrected chi connectivity index (χ3v) is 3.15. The van der Waals surface area contributed by atoms with Crippen molar-refractivity contribution in [2.45, 2.75) is 19.3 Å². The van der Waals surface area contributed by atoms with Crippen molar-refractivity contribution in [3.63, 3.8) is 0 Å². The maximum atomic E-state index is 4.45. The number of nitrogens with zero attached hydrogens (tertiary/aromatic N) is 4. The average molecular weight is 247 g/mol. The molecule has 0 saturated carbocycles. The van der Waals surface area contributed by atoms with Gasteiger partial charge in [-0.3, -0.25) is 5.10 Å². The summed E-state index contributed by atoms with van der Waals surface area (Å²) in [5, 5.41) is 13.0. The molecule has 2 aromatic heterocycles. The molecule has 3 rings (SSSR count). The van der Waals surface area contributed by atoms with Gasteiger partial charge in [0.25, 0.3) is 0 Å². The van der Waals surface area contributed by atoms with Crippen LogP contribution >= 0.6 is 0 Å². The van der Waals surface area contributed by atoms with Gasteiger partial charge in [0.2, 0.25) is 5.95 Å². The Morgan fingerprint density at radius 3 is 2.83 bits per heavy atom. The maximum Gasteiger partial charge on any atom is 0.226 e. The standard InChI is InChI=1S/C11H17N7/c1-12-11-14-9-8(7-13-16-9)10(15-11)17-18-5-3-2-4-6-18/h7H,2-6H2,1H3,(H3,12,13,14,15,16,17). The Morgan fingerprint density at radius 1 is 1.22 bits per heavy atom. The van der Waals surface area contributed by atoms with E-state index in [2.05, 4.69) is 35.9 Å². The first-order valence-electron chi connectivity index (χ1n) is 6.27. The van der Waals surface area contributed by atoms with Crippen molar-refractivity contribution in [2.75, 3.05) is 30.9 Å². The van der Waals surface area contributed by atoms with Crippen molar-refractivity contribution in [1.82, 2.24) is 25.2 Å². The van der Waals surface area contributed by atoms with Crippen molar-refractivity contribution in [3.8, 4) is 0 Å². The second-order valence-electron chi connectivity index (χ2n) is 4.44. The summed E-state index contributed by atoms with van der Waals surface area (Å²) in [5.41, 5.74) is 4.11. The smallest absolute Gasteiger partial charge is 0.226 e. The monoisotopic (exact) mass is 247 g/mol. The second-order valence-corrected chi connectivity index (χ2v) is 4.44. The minimum atomic E-state index is 0.589. The molecule has 0 unspecified atom stereocenters. The summed E-state index contributed by atoms with van der Waals surface area (Å²) in [6.07, 6.45) is 5.52. The molecular weight excluding hydrogens is 230 g/mol. The first kappa shape index (κ1) is 11.2. The molecule has 1 saturated heterocycles. The molecular formula is C11H17N7. The zero-order valence-electron chi connectivity index (χ0n) is 10.4. The van der Waals surface area contributed by atoms with Gasteiger partial charge in [-0.25, -0.2) is 5.01 Å². The normalized spacial score (nSPS) is 16.9. The largest absolute Gasteiger partial charge is 0.357 e. The van der Waals surface area contributed by atoms with Gasteiger partial charge in [0.1, 0.15) is 0 Å². The van der Waals surface area contributed by atoms with E-state index in [0.29, 0.717) is 5.95 Å². The van der Waals surface area contributed by atoms with Crippen LogP contribution in [0.15, 0.2) is 6.20 Å². The molecule has 3 N–H and O–H groups in total. The molecule has 1 aliphatic rings. The Morgan fingerprint density at radius 2 is 2.06 bits per heavy atom. The maximum absolute atomic E-state index is 4.45. The topological polar surface area (TPSA) is 81.8 Å². The van der Waals surface area contributed by atoms with Crippen molar-refractivity contribution in [2.24, 2.45) is 0 Å². The van der Waals surface area contributed by atoms with E-state index >= 15 is 0 Å². The molecule has 0 aromatic carbocycles. The van der Waals surface area contributed by atoms with Crippen molar-refractivity contribution < 1.29 is 0 Å². The van der Waals surface area contributed by atoms with Crippen LogP contribution in [0.25, 0.3) is 11.0 Å². The fourth-order valence-corrected chi connectivity index (χ4v) is 2.19. The molecule has 96 valence electrons. The third kappa shape index (κ3) is 2.08. The lowest BCUT2D eigenvalue weighted by atomic mass is 10.2. The van der Waals surface area contributed by atoms with Gasteiger partial charge >= 0.3 is 0 Å². The lowest BCUT2D eigenvalue weighted by Crippen LogP contribution is -2.35. The summed E-state index contributed by atoms with van der Waals surface area (Å²) < 4.78 is 0. The van der Waals surface area contributed by atoms with Crippen molar-refractivity contribution >= 4 is 22.8 Å². The summed E-state index contributed by atoms with van der Waals surface area (Å²) in [4.78, 5) is 8.76. The number of hydrogen-bond acceptors (Lipinski definition) is 6. The molecule has 0 bridgehead atoms. The molecule has 3 heterocycles.